The lowest BCUT2D eigenvalue weighted by Gasteiger charge is -2.42. The van der Waals surface area contributed by atoms with Gasteiger partial charge in [0, 0.05) is 12.6 Å². The summed E-state index contributed by atoms with van der Waals surface area (Å²) in [7, 11) is 0. The van der Waals surface area contributed by atoms with Crippen molar-refractivity contribution in [3.63, 3.8) is 0 Å². The van der Waals surface area contributed by atoms with Crippen LogP contribution in [0.25, 0.3) is 0 Å². The highest BCUT2D eigenvalue weighted by atomic mass is 16.5. The lowest BCUT2D eigenvalue weighted by atomic mass is 9.73. The first-order chi connectivity index (χ1) is 8.79. The monoisotopic (exact) mass is 251 g/mol. The van der Waals surface area contributed by atoms with Gasteiger partial charge in [-0.25, -0.2) is 0 Å². The molecular formula is C16H29NO. The van der Waals surface area contributed by atoms with Crippen molar-refractivity contribution >= 4 is 0 Å². The fourth-order valence-electron chi connectivity index (χ4n) is 4.64. The second-order valence-electron chi connectivity index (χ2n) is 6.83. The molecule has 0 bridgehead atoms. The van der Waals surface area contributed by atoms with E-state index in [0.717, 1.165) is 30.5 Å². The molecule has 104 valence electrons. The zero-order valence-corrected chi connectivity index (χ0v) is 12.1. The maximum atomic E-state index is 6.27. The van der Waals surface area contributed by atoms with Crippen LogP contribution in [-0.4, -0.2) is 30.3 Å². The summed E-state index contributed by atoms with van der Waals surface area (Å²) in [5.74, 6) is 2.60. The highest BCUT2D eigenvalue weighted by Crippen LogP contribution is 2.41. The third kappa shape index (κ3) is 2.34. The van der Waals surface area contributed by atoms with E-state index in [0.29, 0.717) is 6.10 Å². The van der Waals surface area contributed by atoms with Crippen LogP contribution < -0.4 is 0 Å². The van der Waals surface area contributed by atoms with Crippen LogP contribution in [0.5, 0.6) is 0 Å². The van der Waals surface area contributed by atoms with Crippen LogP contribution in [0.4, 0.5) is 0 Å². The third-order valence-electron chi connectivity index (χ3n) is 5.90. The second kappa shape index (κ2) is 5.50. The van der Waals surface area contributed by atoms with E-state index in [1.807, 2.05) is 0 Å². The number of hydrogen-bond donors (Lipinski definition) is 0. The minimum atomic E-state index is 0.569. The van der Waals surface area contributed by atoms with Crippen LogP contribution in [0.1, 0.15) is 58.8 Å². The van der Waals surface area contributed by atoms with Gasteiger partial charge in [0.2, 0.25) is 0 Å². The molecule has 2 aliphatic heterocycles. The average Bonchev–Trinajstić information content (AvgIpc) is 2.57. The van der Waals surface area contributed by atoms with Gasteiger partial charge in [-0.05, 0) is 43.4 Å². The molecule has 0 N–H and O–H groups in total. The Bertz CT molecular complexity index is 280. The first-order valence-corrected chi connectivity index (χ1v) is 8.15. The van der Waals surface area contributed by atoms with Crippen molar-refractivity contribution in [1.82, 2.24) is 4.90 Å². The number of nitrogens with zero attached hydrogens (tertiary/aromatic N) is 1. The Morgan fingerprint density at radius 1 is 1.11 bits per heavy atom. The molecule has 0 aromatic carbocycles. The van der Waals surface area contributed by atoms with Crippen molar-refractivity contribution in [2.75, 3.05) is 13.3 Å². The summed E-state index contributed by atoms with van der Waals surface area (Å²) in [4.78, 5) is 2.67. The van der Waals surface area contributed by atoms with Crippen molar-refractivity contribution in [1.29, 1.82) is 0 Å². The van der Waals surface area contributed by atoms with E-state index in [-0.39, 0.29) is 0 Å². The van der Waals surface area contributed by atoms with Crippen LogP contribution in [0.3, 0.4) is 0 Å². The standard InChI is InChI=1S/C16H29NO/c1-3-13-8-9-15-12(2)14-6-4-5-7-16(14)18-11-17(15)10-13/h12-16H,3-11H2,1-2H3/t12-,13-,14+,15+,16-/m1/s1. The predicted molar refractivity (Wildman–Crippen MR) is 74.4 cm³/mol. The van der Waals surface area contributed by atoms with Gasteiger partial charge in [0.1, 0.15) is 0 Å². The second-order valence-corrected chi connectivity index (χ2v) is 6.83. The predicted octanol–water partition coefficient (Wildman–Crippen LogP) is 3.66. The molecule has 3 rings (SSSR count). The maximum Gasteiger partial charge on any atom is 0.0996 e. The van der Waals surface area contributed by atoms with Crippen molar-refractivity contribution < 1.29 is 4.74 Å². The van der Waals surface area contributed by atoms with Gasteiger partial charge in [0.25, 0.3) is 0 Å². The summed E-state index contributed by atoms with van der Waals surface area (Å²) in [5.41, 5.74) is 0. The van der Waals surface area contributed by atoms with Gasteiger partial charge >= 0.3 is 0 Å². The molecule has 0 amide bonds. The largest absolute Gasteiger partial charge is 0.363 e. The molecule has 0 radical (unpaired) electrons. The van der Waals surface area contributed by atoms with Crippen molar-refractivity contribution in [3.05, 3.63) is 0 Å². The molecule has 1 saturated carbocycles. The number of ether oxygens (including phenoxy) is 1. The molecule has 0 aromatic rings. The molecule has 5 atom stereocenters. The van der Waals surface area contributed by atoms with E-state index < -0.39 is 0 Å². The molecular weight excluding hydrogens is 222 g/mol. The van der Waals surface area contributed by atoms with Crippen LogP contribution in [0.15, 0.2) is 0 Å². The quantitative estimate of drug-likeness (QED) is 0.705. The molecule has 2 heterocycles. The number of fused-ring (bicyclic) bond motifs is 2. The van der Waals surface area contributed by atoms with Gasteiger partial charge in [0.15, 0.2) is 0 Å². The number of rotatable bonds is 1. The van der Waals surface area contributed by atoms with E-state index in [1.165, 1.54) is 51.5 Å². The normalized spacial score (nSPS) is 46.0. The average molecular weight is 251 g/mol. The topological polar surface area (TPSA) is 12.5 Å². The summed E-state index contributed by atoms with van der Waals surface area (Å²) in [6.45, 7) is 7.03. The van der Waals surface area contributed by atoms with E-state index >= 15 is 0 Å². The van der Waals surface area contributed by atoms with E-state index in [2.05, 4.69) is 18.7 Å². The summed E-state index contributed by atoms with van der Waals surface area (Å²) >= 11 is 0. The summed E-state index contributed by atoms with van der Waals surface area (Å²) in [6.07, 6.45) is 10.3. The van der Waals surface area contributed by atoms with Crippen molar-refractivity contribution in [3.8, 4) is 0 Å². The van der Waals surface area contributed by atoms with Crippen molar-refractivity contribution in [2.24, 2.45) is 17.8 Å². The van der Waals surface area contributed by atoms with E-state index in [4.69, 9.17) is 4.74 Å². The van der Waals surface area contributed by atoms with Gasteiger partial charge in [-0.3, -0.25) is 4.90 Å². The highest BCUT2D eigenvalue weighted by Gasteiger charge is 2.41. The molecule has 0 aromatic heterocycles. The highest BCUT2D eigenvalue weighted by molar-refractivity contribution is 4.92. The fraction of sp³-hybridized carbons (Fsp3) is 1.00. The molecule has 2 saturated heterocycles. The Kier molecular flexibility index (Phi) is 3.95. The zero-order chi connectivity index (χ0) is 12.5. The van der Waals surface area contributed by atoms with E-state index in [9.17, 15) is 0 Å². The molecule has 0 unspecified atom stereocenters. The van der Waals surface area contributed by atoms with Gasteiger partial charge in [-0.1, -0.05) is 33.1 Å². The minimum Gasteiger partial charge on any atom is -0.363 e. The lowest BCUT2D eigenvalue weighted by Crippen LogP contribution is -2.47. The number of hydrogen-bond acceptors (Lipinski definition) is 2. The Morgan fingerprint density at radius 2 is 1.94 bits per heavy atom. The lowest BCUT2D eigenvalue weighted by molar-refractivity contribution is -0.0526. The van der Waals surface area contributed by atoms with Crippen LogP contribution >= 0.6 is 0 Å². The van der Waals surface area contributed by atoms with Crippen molar-refractivity contribution in [2.45, 2.75) is 70.9 Å². The summed E-state index contributed by atoms with van der Waals surface area (Å²) in [5, 5.41) is 0. The smallest absolute Gasteiger partial charge is 0.0996 e. The van der Waals surface area contributed by atoms with Crippen LogP contribution in [-0.2, 0) is 4.74 Å². The molecule has 3 fully saturated rings. The van der Waals surface area contributed by atoms with Crippen LogP contribution in [0.2, 0.25) is 0 Å². The molecule has 1 aliphatic carbocycles. The Balaban J connectivity index is 1.73. The molecule has 3 aliphatic rings. The van der Waals surface area contributed by atoms with Gasteiger partial charge in [-0.15, -0.1) is 0 Å². The zero-order valence-electron chi connectivity index (χ0n) is 12.1. The van der Waals surface area contributed by atoms with Gasteiger partial charge in [-0.2, -0.15) is 0 Å². The summed E-state index contributed by atoms with van der Waals surface area (Å²) < 4.78 is 6.27. The first kappa shape index (κ1) is 12.9. The molecule has 2 heteroatoms. The molecule has 2 nitrogen and oxygen atoms in total. The Labute approximate surface area is 112 Å². The maximum absolute atomic E-state index is 6.27. The van der Waals surface area contributed by atoms with Crippen LogP contribution in [0, 0.1) is 17.8 Å². The summed E-state index contributed by atoms with van der Waals surface area (Å²) in [6, 6.07) is 0.806. The molecule has 18 heavy (non-hydrogen) atoms. The van der Waals surface area contributed by atoms with E-state index in [1.54, 1.807) is 0 Å². The fourth-order valence-corrected chi connectivity index (χ4v) is 4.64. The van der Waals surface area contributed by atoms with Gasteiger partial charge < -0.3 is 4.74 Å². The Hall–Kier alpha value is -0.0800. The molecule has 0 spiro atoms. The SMILES string of the molecule is CC[C@@H]1CC[C@H]2[C@H](C)[C@@H]3CCCC[C@H]3OCN2C1. The first-order valence-electron chi connectivity index (χ1n) is 8.15. The number of piperidine rings is 1. The van der Waals surface area contributed by atoms with Gasteiger partial charge in [0.05, 0.1) is 12.8 Å². The minimum absolute atomic E-state index is 0.569. The Morgan fingerprint density at radius 3 is 2.78 bits per heavy atom. The third-order valence-corrected chi connectivity index (χ3v) is 5.90.